The summed E-state index contributed by atoms with van der Waals surface area (Å²) < 4.78 is 4.90. The quantitative estimate of drug-likeness (QED) is 0.249. The van der Waals surface area contributed by atoms with E-state index in [-0.39, 0.29) is 0 Å². The molecular formula is C12H20N2O9. The molecule has 11 nitrogen and oxygen atoms in total. The summed E-state index contributed by atoms with van der Waals surface area (Å²) in [6.45, 7) is 0.188. The van der Waals surface area contributed by atoms with Gasteiger partial charge in [-0.15, -0.1) is 0 Å². The number of amides is 1. The number of carboxylic acid groups (broad SMARTS) is 1. The van der Waals surface area contributed by atoms with E-state index in [9.17, 15) is 29.7 Å². The number of nitrogens with one attached hydrogen (secondary N) is 1. The van der Waals surface area contributed by atoms with Crippen molar-refractivity contribution in [1.29, 1.82) is 0 Å². The first-order chi connectivity index (χ1) is 10.5. The van der Waals surface area contributed by atoms with Crippen molar-refractivity contribution in [3.8, 4) is 0 Å². The fourth-order valence-electron chi connectivity index (χ4n) is 2.29. The SMILES string of the molecule is CC(=O)N[C@@H](CC(=O)O)C(=O)C1(O)O[C@H](CO)[C@@H](O)[C@H](O)[C@H]1N. The minimum Gasteiger partial charge on any atom is -0.481 e. The van der Waals surface area contributed by atoms with Gasteiger partial charge in [0, 0.05) is 6.92 Å². The number of nitrogens with two attached hydrogens (primary N) is 1. The number of hydrogen-bond acceptors (Lipinski definition) is 9. The van der Waals surface area contributed by atoms with Crippen molar-refractivity contribution in [1.82, 2.24) is 5.32 Å². The van der Waals surface area contributed by atoms with Crippen LogP contribution >= 0.6 is 0 Å². The molecule has 0 aromatic rings. The molecule has 1 heterocycles. The first kappa shape index (κ1) is 19.4. The molecule has 1 aliphatic heterocycles. The molecule has 132 valence electrons. The van der Waals surface area contributed by atoms with Gasteiger partial charge in [0.2, 0.25) is 17.5 Å². The zero-order chi connectivity index (χ0) is 17.9. The summed E-state index contributed by atoms with van der Waals surface area (Å²) in [5.74, 6) is -6.39. The van der Waals surface area contributed by atoms with Crippen LogP contribution in [0.1, 0.15) is 13.3 Å². The molecule has 1 amide bonds. The third-order valence-corrected chi connectivity index (χ3v) is 3.49. The molecule has 23 heavy (non-hydrogen) atoms. The van der Waals surface area contributed by atoms with Crippen LogP contribution in [-0.2, 0) is 19.1 Å². The highest BCUT2D eigenvalue weighted by molar-refractivity contribution is 5.96. The van der Waals surface area contributed by atoms with E-state index in [2.05, 4.69) is 0 Å². The van der Waals surface area contributed by atoms with E-state index in [0.717, 1.165) is 6.92 Å². The highest BCUT2D eigenvalue weighted by Crippen LogP contribution is 2.29. The largest absolute Gasteiger partial charge is 0.481 e. The fraction of sp³-hybridized carbons (Fsp3) is 0.750. The Morgan fingerprint density at radius 2 is 1.87 bits per heavy atom. The van der Waals surface area contributed by atoms with Gasteiger partial charge in [-0.2, -0.15) is 0 Å². The van der Waals surface area contributed by atoms with Crippen LogP contribution in [-0.4, -0.2) is 86.0 Å². The molecule has 1 saturated heterocycles. The number of aliphatic carboxylic acids is 1. The first-order valence-electron chi connectivity index (χ1n) is 6.70. The molecule has 1 fully saturated rings. The molecule has 0 aliphatic carbocycles. The standard InChI is InChI=1S/C12H20N2O9/c1-4(16)14-5(2-7(17)18)11(21)12(22)10(13)9(20)8(19)6(3-15)23-12/h5-6,8-10,15,19-20,22H,2-3,13H2,1H3,(H,14,16)(H,17,18)/t5-,6+,8+,9-,10+,12?/m0/s1. The van der Waals surface area contributed by atoms with Crippen molar-refractivity contribution in [2.45, 2.75) is 49.5 Å². The summed E-state index contributed by atoms with van der Waals surface area (Å²) >= 11 is 0. The van der Waals surface area contributed by atoms with Gasteiger partial charge in [-0.3, -0.25) is 14.4 Å². The van der Waals surface area contributed by atoms with Gasteiger partial charge in [-0.05, 0) is 0 Å². The normalized spacial score (nSPS) is 35.4. The molecule has 11 heteroatoms. The monoisotopic (exact) mass is 336 g/mol. The fourth-order valence-corrected chi connectivity index (χ4v) is 2.29. The zero-order valence-electron chi connectivity index (χ0n) is 12.2. The van der Waals surface area contributed by atoms with Gasteiger partial charge in [0.1, 0.15) is 24.4 Å². The number of Topliss-reactive ketones (excluding diaryl/α,β-unsaturated/α-hetero) is 1. The number of aliphatic hydroxyl groups is 4. The van der Waals surface area contributed by atoms with Crippen molar-refractivity contribution in [3.63, 3.8) is 0 Å². The number of aliphatic hydroxyl groups excluding tert-OH is 3. The molecule has 0 saturated carbocycles. The van der Waals surface area contributed by atoms with Crippen molar-refractivity contribution in [2.24, 2.45) is 5.73 Å². The van der Waals surface area contributed by atoms with E-state index in [4.69, 9.17) is 20.7 Å². The Morgan fingerprint density at radius 1 is 1.30 bits per heavy atom. The Kier molecular flexibility index (Phi) is 6.16. The summed E-state index contributed by atoms with van der Waals surface area (Å²) in [6, 6.07) is -3.50. The predicted octanol–water partition coefficient (Wildman–Crippen LogP) is -4.34. The van der Waals surface area contributed by atoms with Crippen LogP contribution in [0.25, 0.3) is 0 Å². The minimum absolute atomic E-state index is 0.739. The number of ether oxygens (including phenoxy) is 1. The summed E-state index contributed by atoms with van der Waals surface area (Å²) in [7, 11) is 0. The molecule has 1 rings (SSSR count). The second-order valence-corrected chi connectivity index (χ2v) is 5.26. The van der Waals surface area contributed by atoms with Crippen LogP contribution in [0, 0.1) is 0 Å². The van der Waals surface area contributed by atoms with E-state index in [1.54, 1.807) is 0 Å². The van der Waals surface area contributed by atoms with E-state index < -0.39 is 66.9 Å². The van der Waals surface area contributed by atoms with Gasteiger partial charge in [0.05, 0.1) is 19.1 Å². The van der Waals surface area contributed by atoms with E-state index in [1.165, 1.54) is 0 Å². The molecule has 0 aromatic heterocycles. The Labute approximate surface area is 130 Å². The number of rotatable bonds is 6. The molecular weight excluding hydrogens is 316 g/mol. The number of carbonyl (C=O) groups is 3. The van der Waals surface area contributed by atoms with Gasteiger partial charge < -0.3 is 41.3 Å². The summed E-state index contributed by atoms with van der Waals surface area (Å²) in [5, 5.41) is 49.7. The highest BCUT2D eigenvalue weighted by Gasteiger charge is 2.57. The van der Waals surface area contributed by atoms with Crippen LogP contribution in [0.15, 0.2) is 0 Å². The Bertz CT molecular complexity index is 467. The molecule has 0 bridgehead atoms. The third-order valence-electron chi connectivity index (χ3n) is 3.49. The maximum atomic E-state index is 12.4. The Hall–Kier alpha value is -1.63. The smallest absolute Gasteiger partial charge is 0.305 e. The van der Waals surface area contributed by atoms with Crippen LogP contribution < -0.4 is 11.1 Å². The lowest BCUT2D eigenvalue weighted by Crippen LogP contribution is -2.73. The van der Waals surface area contributed by atoms with Crippen molar-refractivity contribution < 1.29 is 44.7 Å². The van der Waals surface area contributed by atoms with Crippen molar-refractivity contribution >= 4 is 17.7 Å². The molecule has 1 aliphatic rings. The predicted molar refractivity (Wildman–Crippen MR) is 71.8 cm³/mol. The average Bonchev–Trinajstić information content (AvgIpc) is 2.46. The lowest BCUT2D eigenvalue weighted by molar-refractivity contribution is -0.298. The van der Waals surface area contributed by atoms with Gasteiger partial charge in [-0.1, -0.05) is 0 Å². The minimum atomic E-state index is -2.89. The van der Waals surface area contributed by atoms with Crippen LogP contribution in [0.3, 0.4) is 0 Å². The molecule has 8 N–H and O–H groups in total. The lowest BCUT2D eigenvalue weighted by Gasteiger charge is -2.45. The van der Waals surface area contributed by atoms with Gasteiger partial charge >= 0.3 is 5.97 Å². The van der Waals surface area contributed by atoms with Crippen LogP contribution in [0.4, 0.5) is 0 Å². The number of carboxylic acids is 1. The summed E-state index contributed by atoms with van der Waals surface area (Å²) in [5.41, 5.74) is 5.52. The highest BCUT2D eigenvalue weighted by atomic mass is 16.7. The molecule has 6 atom stereocenters. The van der Waals surface area contributed by atoms with Crippen molar-refractivity contribution in [3.05, 3.63) is 0 Å². The van der Waals surface area contributed by atoms with Crippen LogP contribution in [0.5, 0.6) is 0 Å². The zero-order valence-corrected chi connectivity index (χ0v) is 12.2. The topological polar surface area (TPSA) is 200 Å². The Morgan fingerprint density at radius 3 is 2.30 bits per heavy atom. The maximum absolute atomic E-state index is 12.4. The lowest BCUT2D eigenvalue weighted by atomic mass is 9.85. The van der Waals surface area contributed by atoms with E-state index in [0.29, 0.717) is 0 Å². The number of carbonyl (C=O) groups excluding carboxylic acids is 2. The first-order valence-corrected chi connectivity index (χ1v) is 6.70. The van der Waals surface area contributed by atoms with E-state index >= 15 is 0 Å². The van der Waals surface area contributed by atoms with Crippen molar-refractivity contribution in [2.75, 3.05) is 6.61 Å². The Balaban J connectivity index is 3.13. The molecule has 0 aromatic carbocycles. The number of hydrogen-bond donors (Lipinski definition) is 7. The second kappa shape index (κ2) is 7.29. The second-order valence-electron chi connectivity index (χ2n) is 5.26. The van der Waals surface area contributed by atoms with Crippen LogP contribution in [0.2, 0.25) is 0 Å². The summed E-state index contributed by atoms with van der Waals surface area (Å²) in [4.78, 5) is 34.3. The summed E-state index contributed by atoms with van der Waals surface area (Å²) in [6.07, 6.45) is -5.87. The maximum Gasteiger partial charge on any atom is 0.305 e. The van der Waals surface area contributed by atoms with Gasteiger partial charge in [-0.25, -0.2) is 0 Å². The number of ketones is 1. The molecule has 0 radical (unpaired) electrons. The van der Waals surface area contributed by atoms with Gasteiger partial charge in [0.15, 0.2) is 0 Å². The van der Waals surface area contributed by atoms with Gasteiger partial charge in [0.25, 0.3) is 0 Å². The molecule has 0 spiro atoms. The molecule has 1 unspecified atom stereocenters. The van der Waals surface area contributed by atoms with E-state index in [1.807, 2.05) is 5.32 Å². The third kappa shape index (κ3) is 4.02. The average molecular weight is 336 g/mol.